The van der Waals surface area contributed by atoms with Crippen LogP contribution in [0.25, 0.3) is 16.8 Å². The Morgan fingerprint density at radius 2 is 2.00 bits per heavy atom. The maximum atomic E-state index is 12.4. The maximum absolute atomic E-state index is 12.4. The highest BCUT2D eigenvalue weighted by molar-refractivity contribution is 7.16. The van der Waals surface area contributed by atoms with Crippen molar-refractivity contribution >= 4 is 39.6 Å². The fourth-order valence-corrected chi connectivity index (χ4v) is 4.59. The second kappa shape index (κ2) is 10.4. The van der Waals surface area contributed by atoms with Crippen LogP contribution in [0.5, 0.6) is 0 Å². The van der Waals surface area contributed by atoms with Gasteiger partial charge in [-0.3, -0.25) is 0 Å². The molecule has 0 saturated heterocycles. The molecule has 8 nitrogen and oxygen atoms in total. The van der Waals surface area contributed by atoms with Crippen LogP contribution in [0.2, 0.25) is 0 Å². The SMILES string of the molecule is Nc1cccc(-c2ccnc(Nc3cnc(C4=CCN(C(=O)OCc5ccccc5)CC4)s3)n2)c1. The standard InChI is InChI=1S/C26H24N6O2S/c27-21-8-4-7-20(15-21)22-9-12-28-25(30-22)31-23-16-29-24(35-23)19-10-13-32(14-11-19)26(33)34-17-18-5-2-1-3-6-18/h1-10,12,15-16H,11,13-14,17,27H2,(H,28,30,31). The van der Waals surface area contributed by atoms with Gasteiger partial charge in [-0.1, -0.05) is 59.9 Å². The molecule has 0 bridgehead atoms. The molecule has 0 atom stereocenters. The van der Waals surface area contributed by atoms with E-state index in [0.29, 0.717) is 24.7 Å². The molecule has 3 N–H and O–H groups in total. The fourth-order valence-electron chi connectivity index (χ4n) is 3.71. The summed E-state index contributed by atoms with van der Waals surface area (Å²) in [6.07, 6.45) is 5.94. The van der Waals surface area contributed by atoms with Crippen LogP contribution in [0.3, 0.4) is 0 Å². The van der Waals surface area contributed by atoms with E-state index in [9.17, 15) is 4.79 Å². The molecule has 1 amide bonds. The lowest BCUT2D eigenvalue weighted by Crippen LogP contribution is -2.35. The topological polar surface area (TPSA) is 106 Å². The molecule has 0 radical (unpaired) electrons. The van der Waals surface area contributed by atoms with Crippen molar-refractivity contribution < 1.29 is 9.53 Å². The maximum Gasteiger partial charge on any atom is 0.410 e. The highest BCUT2D eigenvalue weighted by atomic mass is 32.1. The van der Waals surface area contributed by atoms with Gasteiger partial charge in [-0.15, -0.1) is 0 Å². The first kappa shape index (κ1) is 22.5. The summed E-state index contributed by atoms with van der Waals surface area (Å²) in [7, 11) is 0. The van der Waals surface area contributed by atoms with E-state index in [1.54, 1.807) is 17.3 Å². The van der Waals surface area contributed by atoms with Crippen LogP contribution >= 0.6 is 11.3 Å². The lowest BCUT2D eigenvalue weighted by atomic mass is 10.1. The molecule has 9 heteroatoms. The normalized spacial score (nSPS) is 13.3. The van der Waals surface area contributed by atoms with E-state index in [-0.39, 0.29) is 12.7 Å². The summed E-state index contributed by atoms with van der Waals surface area (Å²) in [5, 5.41) is 4.99. The van der Waals surface area contributed by atoms with E-state index >= 15 is 0 Å². The van der Waals surface area contributed by atoms with Gasteiger partial charge in [-0.05, 0) is 35.8 Å². The Morgan fingerprint density at radius 1 is 1.11 bits per heavy atom. The zero-order valence-corrected chi connectivity index (χ0v) is 19.7. The number of benzene rings is 2. The molecule has 0 unspecified atom stereocenters. The van der Waals surface area contributed by atoms with Gasteiger partial charge in [-0.2, -0.15) is 0 Å². The minimum Gasteiger partial charge on any atom is -0.445 e. The molecule has 176 valence electrons. The molecule has 0 aliphatic carbocycles. The highest BCUT2D eigenvalue weighted by Gasteiger charge is 2.20. The van der Waals surface area contributed by atoms with E-state index in [1.165, 1.54) is 11.3 Å². The van der Waals surface area contributed by atoms with Crippen molar-refractivity contribution in [3.05, 3.63) is 89.7 Å². The molecule has 5 rings (SSSR count). The smallest absolute Gasteiger partial charge is 0.410 e. The summed E-state index contributed by atoms with van der Waals surface area (Å²) in [5.41, 5.74) is 10.4. The second-order valence-corrected chi connectivity index (χ2v) is 9.04. The summed E-state index contributed by atoms with van der Waals surface area (Å²) in [4.78, 5) is 27.6. The minimum absolute atomic E-state index is 0.273. The predicted octanol–water partition coefficient (Wildman–Crippen LogP) is 5.35. The van der Waals surface area contributed by atoms with Crippen molar-refractivity contribution in [3.8, 4) is 11.3 Å². The zero-order valence-electron chi connectivity index (χ0n) is 18.9. The fraction of sp³-hybridized carbons (Fsp3) is 0.154. The number of thiazole rings is 1. The third-order valence-corrected chi connectivity index (χ3v) is 6.51. The molecule has 2 aromatic heterocycles. The number of nitrogens with one attached hydrogen (secondary N) is 1. The first-order valence-electron chi connectivity index (χ1n) is 11.2. The van der Waals surface area contributed by atoms with Gasteiger partial charge in [0.2, 0.25) is 5.95 Å². The van der Waals surface area contributed by atoms with E-state index < -0.39 is 0 Å². The third kappa shape index (κ3) is 5.64. The largest absolute Gasteiger partial charge is 0.445 e. The van der Waals surface area contributed by atoms with Gasteiger partial charge in [0.25, 0.3) is 0 Å². The monoisotopic (exact) mass is 484 g/mol. The number of nitrogens with zero attached hydrogens (tertiary/aromatic N) is 4. The van der Waals surface area contributed by atoms with Gasteiger partial charge < -0.3 is 20.7 Å². The number of hydrogen-bond acceptors (Lipinski definition) is 8. The van der Waals surface area contributed by atoms with Crippen LogP contribution in [-0.4, -0.2) is 39.0 Å². The van der Waals surface area contributed by atoms with Gasteiger partial charge in [-0.25, -0.2) is 19.7 Å². The average Bonchev–Trinajstić information content (AvgIpc) is 3.36. The summed E-state index contributed by atoms with van der Waals surface area (Å²) in [6, 6.07) is 19.1. The molecule has 2 aromatic carbocycles. The van der Waals surface area contributed by atoms with E-state index in [4.69, 9.17) is 10.5 Å². The molecule has 4 aromatic rings. The van der Waals surface area contributed by atoms with Gasteiger partial charge in [0.1, 0.15) is 16.6 Å². The van der Waals surface area contributed by atoms with Crippen molar-refractivity contribution in [3.63, 3.8) is 0 Å². The molecule has 0 spiro atoms. The Morgan fingerprint density at radius 3 is 2.80 bits per heavy atom. The van der Waals surface area contributed by atoms with E-state index in [0.717, 1.165) is 38.8 Å². The van der Waals surface area contributed by atoms with Crippen LogP contribution in [0.15, 0.2) is 79.1 Å². The van der Waals surface area contributed by atoms with Crippen LogP contribution in [-0.2, 0) is 11.3 Å². The Hall–Kier alpha value is -4.24. The molecular weight excluding hydrogens is 460 g/mol. The van der Waals surface area contributed by atoms with Crippen LogP contribution in [0.4, 0.5) is 21.4 Å². The van der Waals surface area contributed by atoms with Gasteiger partial charge >= 0.3 is 6.09 Å². The highest BCUT2D eigenvalue weighted by Crippen LogP contribution is 2.31. The number of rotatable bonds is 6. The molecular formula is C26H24N6O2S. The van der Waals surface area contributed by atoms with Gasteiger partial charge in [0, 0.05) is 30.5 Å². The number of hydrogen-bond donors (Lipinski definition) is 2. The molecule has 1 aliphatic rings. The lowest BCUT2D eigenvalue weighted by molar-refractivity contribution is 0.0998. The summed E-state index contributed by atoms with van der Waals surface area (Å²) in [6.45, 7) is 1.36. The zero-order chi connectivity index (χ0) is 24.0. The molecule has 0 saturated carbocycles. The van der Waals surface area contributed by atoms with Crippen LogP contribution in [0, 0.1) is 0 Å². The number of amides is 1. The summed E-state index contributed by atoms with van der Waals surface area (Å²) in [5.74, 6) is 0.491. The first-order chi connectivity index (χ1) is 17.1. The molecule has 3 heterocycles. The first-order valence-corrected chi connectivity index (χ1v) is 12.0. The minimum atomic E-state index is -0.303. The van der Waals surface area contributed by atoms with E-state index in [1.807, 2.05) is 66.7 Å². The third-order valence-electron chi connectivity index (χ3n) is 5.53. The Bertz CT molecular complexity index is 1350. The second-order valence-electron chi connectivity index (χ2n) is 8.01. The average molecular weight is 485 g/mol. The van der Waals surface area contributed by atoms with Crippen molar-refractivity contribution in [1.82, 2.24) is 19.9 Å². The van der Waals surface area contributed by atoms with Crippen molar-refractivity contribution in [1.29, 1.82) is 0 Å². The number of anilines is 3. The molecule has 35 heavy (non-hydrogen) atoms. The van der Waals surface area contributed by atoms with Gasteiger partial charge in [0.15, 0.2) is 0 Å². The number of aromatic nitrogens is 3. The number of nitrogen functional groups attached to an aromatic ring is 1. The lowest BCUT2D eigenvalue weighted by Gasteiger charge is -2.25. The Kier molecular flexibility index (Phi) is 6.67. The molecule has 1 aliphatic heterocycles. The summed E-state index contributed by atoms with van der Waals surface area (Å²) < 4.78 is 5.44. The number of carbonyl (C=O) groups is 1. The van der Waals surface area contributed by atoms with Crippen molar-refractivity contribution in [2.75, 3.05) is 24.1 Å². The number of nitrogens with two attached hydrogens (primary N) is 1. The molecule has 0 fully saturated rings. The Labute approximate surface area is 207 Å². The van der Waals surface area contributed by atoms with Gasteiger partial charge in [0.05, 0.1) is 11.9 Å². The van der Waals surface area contributed by atoms with Crippen molar-refractivity contribution in [2.24, 2.45) is 0 Å². The van der Waals surface area contributed by atoms with E-state index in [2.05, 4.69) is 20.3 Å². The number of ether oxygens (including phenoxy) is 1. The number of carbonyl (C=O) groups excluding carboxylic acids is 1. The predicted molar refractivity (Wildman–Crippen MR) is 138 cm³/mol. The summed E-state index contributed by atoms with van der Waals surface area (Å²) >= 11 is 1.53. The van der Waals surface area contributed by atoms with Crippen LogP contribution < -0.4 is 11.1 Å². The van der Waals surface area contributed by atoms with Crippen LogP contribution in [0.1, 0.15) is 17.0 Å². The quantitative estimate of drug-likeness (QED) is 0.355. The van der Waals surface area contributed by atoms with Crippen molar-refractivity contribution in [2.45, 2.75) is 13.0 Å². The Balaban J connectivity index is 1.19.